The molecule has 118 valence electrons. The summed E-state index contributed by atoms with van der Waals surface area (Å²) in [4.78, 5) is 4.53. The molecule has 2 rings (SSSR count). The van der Waals surface area contributed by atoms with Gasteiger partial charge in [0.1, 0.15) is 5.82 Å². The van der Waals surface area contributed by atoms with Crippen LogP contribution in [0.2, 0.25) is 0 Å². The number of benzene rings is 1. The summed E-state index contributed by atoms with van der Waals surface area (Å²) in [6.07, 6.45) is 3.75. The van der Waals surface area contributed by atoms with Crippen molar-refractivity contribution in [1.82, 2.24) is 10.6 Å². The highest BCUT2D eigenvalue weighted by Crippen LogP contribution is 2.34. The highest BCUT2D eigenvalue weighted by atomic mass is 127. The van der Waals surface area contributed by atoms with E-state index in [0.29, 0.717) is 12.6 Å². The van der Waals surface area contributed by atoms with Gasteiger partial charge < -0.3 is 10.6 Å². The van der Waals surface area contributed by atoms with Crippen LogP contribution in [0.25, 0.3) is 0 Å². The molecule has 2 N–H and O–H groups in total. The second-order valence-corrected chi connectivity index (χ2v) is 5.36. The van der Waals surface area contributed by atoms with E-state index in [1.54, 1.807) is 6.07 Å². The van der Waals surface area contributed by atoms with E-state index in [1.165, 1.54) is 31.4 Å². The fourth-order valence-electron chi connectivity index (χ4n) is 2.42. The van der Waals surface area contributed by atoms with Crippen LogP contribution in [0.3, 0.4) is 0 Å². The third kappa shape index (κ3) is 6.20. The highest BCUT2D eigenvalue weighted by Gasteiger charge is 2.36. The summed E-state index contributed by atoms with van der Waals surface area (Å²) in [6, 6.07) is 7.16. The van der Waals surface area contributed by atoms with Gasteiger partial charge in [-0.1, -0.05) is 25.5 Å². The molecule has 2 unspecified atom stereocenters. The molecule has 3 nitrogen and oxygen atoms in total. The van der Waals surface area contributed by atoms with Crippen LogP contribution in [0.1, 0.15) is 38.7 Å². The van der Waals surface area contributed by atoms with Crippen LogP contribution in [0, 0.1) is 11.7 Å². The maximum atomic E-state index is 13.1. The maximum Gasteiger partial charge on any atom is 0.191 e. The van der Waals surface area contributed by atoms with Gasteiger partial charge in [0, 0.05) is 12.6 Å². The summed E-state index contributed by atoms with van der Waals surface area (Å²) >= 11 is 0. The summed E-state index contributed by atoms with van der Waals surface area (Å²) in [5.74, 6) is 1.42. The van der Waals surface area contributed by atoms with Crippen molar-refractivity contribution in [2.75, 3.05) is 6.54 Å². The van der Waals surface area contributed by atoms with Gasteiger partial charge >= 0.3 is 0 Å². The Morgan fingerprint density at radius 3 is 2.86 bits per heavy atom. The number of nitrogens with one attached hydrogen (secondary N) is 2. The standard InChI is InChI=1S/C16H24FN3.HI/c1-3-6-13-10-15(13)20-16(18-4-2)19-11-12-7-5-8-14(17)9-12;/h5,7-9,13,15H,3-4,6,10-11H2,1-2H3,(H2,18,19,20);1H. The predicted molar refractivity (Wildman–Crippen MR) is 96.6 cm³/mol. The Balaban J connectivity index is 0.00000220. The van der Waals surface area contributed by atoms with Crippen molar-refractivity contribution in [3.8, 4) is 0 Å². The Labute approximate surface area is 143 Å². The Morgan fingerprint density at radius 1 is 1.38 bits per heavy atom. The topological polar surface area (TPSA) is 36.4 Å². The van der Waals surface area contributed by atoms with Crippen molar-refractivity contribution in [2.45, 2.75) is 45.7 Å². The molecule has 0 saturated heterocycles. The SMILES string of the molecule is CCCC1CC1NC(=NCc1cccc(F)c1)NCC.I. The molecular weight excluding hydrogens is 380 g/mol. The number of hydrogen-bond acceptors (Lipinski definition) is 1. The zero-order valence-electron chi connectivity index (χ0n) is 12.7. The van der Waals surface area contributed by atoms with E-state index in [0.717, 1.165) is 24.0 Å². The van der Waals surface area contributed by atoms with Crippen molar-refractivity contribution in [3.05, 3.63) is 35.6 Å². The lowest BCUT2D eigenvalue weighted by molar-refractivity contribution is 0.625. The fraction of sp³-hybridized carbons (Fsp3) is 0.562. The van der Waals surface area contributed by atoms with Crippen LogP contribution >= 0.6 is 24.0 Å². The molecule has 0 aliphatic heterocycles. The second-order valence-electron chi connectivity index (χ2n) is 5.36. The van der Waals surface area contributed by atoms with Crippen molar-refractivity contribution < 1.29 is 4.39 Å². The number of rotatable bonds is 6. The molecule has 5 heteroatoms. The van der Waals surface area contributed by atoms with Crippen molar-refractivity contribution in [1.29, 1.82) is 0 Å². The first-order valence-electron chi connectivity index (χ1n) is 7.52. The molecule has 1 aliphatic carbocycles. The fourth-order valence-corrected chi connectivity index (χ4v) is 2.42. The maximum absolute atomic E-state index is 13.1. The van der Waals surface area contributed by atoms with E-state index in [2.05, 4.69) is 29.5 Å². The Bertz CT molecular complexity index is 465. The van der Waals surface area contributed by atoms with Crippen molar-refractivity contribution in [2.24, 2.45) is 10.9 Å². The van der Waals surface area contributed by atoms with E-state index >= 15 is 0 Å². The van der Waals surface area contributed by atoms with Crippen molar-refractivity contribution >= 4 is 29.9 Å². The van der Waals surface area contributed by atoms with Gasteiger partial charge in [-0.05, 0) is 43.4 Å². The van der Waals surface area contributed by atoms with Crippen LogP contribution in [0.4, 0.5) is 4.39 Å². The lowest BCUT2D eigenvalue weighted by Crippen LogP contribution is -2.39. The van der Waals surface area contributed by atoms with Crippen LogP contribution in [0.15, 0.2) is 29.3 Å². The molecule has 1 aliphatic rings. The van der Waals surface area contributed by atoms with E-state index in [1.807, 2.05) is 6.07 Å². The van der Waals surface area contributed by atoms with E-state index in [4.69, 9.17) is 0 Å². The Morgan fingerprint density at radius 2 is 2.19 bits per heavy atom. The predicted octanol–water partition coefficient (Wildman–Crippen LogP) is 3.69. The molecule has 21 heavy (non-hydrogen) atoms. The molecule has 1 aromatic rings. The largest absolute Gasteiger partial charge is 0.357 e. The molecule has 0 radical (unpaired) electrons. The molecule has 0 aromatic heterocycles. The van der Waals surface area contributed by atoms with Gasteiger partial charge in [-0.3, -0.25) is 0 Å². The first-order chi connectivity index (χ1) is 9.72. The normalized spacial score (nSPS) is 20.6. The average Bonchev–Trinajstić information content (AvgIpc) is 3.15. The smallest absolute Gasteiger partial charge is 0.191 e. The summed E-state index contributed by atoms with van der Waals surface area (Å²) in [5, 5.41) is 6.70. The number of hydrogen-bond donors (Lipinski definition) is 2. The number of guanidine groups is 1. The molecule has 0 amide bonds. The third-order valence-corrected chi connectivity index (χ3v) is 3.56. The van der Waals surface area contributed by atoms with Crippen LogP contribution in [-0.4, -0.2) is 18.5 Å². The molecule has 1 saturated carbocycles. The van der Waals surface area contributed by atoms with Crippen LogP contribution in [-0.2, 0) is 6.54 Å². The monoisotopic (exact) mass is 405 g/mol. The van der Waals surface area contributed by atoms with Crippen molar-refractivity contribution in [3.63, 3.8) is 0 Å². The summed E-state index contributed by atoms with van der Waals surface area (Å²) < 4.78 is 13.1. The molecule has 1 fully saturated rings. The second kappa shape index (κ2) is 9.23. The quantitative estimate of drug-likeness (QED) is 0.430. The number of nitrogens with zero attached hydrogens (tertiary/aromatic N) is 1. The minimum absolute atomic E-state index is 0. The zero-order valence-corrected chi connectivity index (χ0v) is 15.1. The van der Waals surface area contributed by atoms with Gasteiger partial charge in [0.15, 0.2) is 5.96 Å². The van der Waals surface area contributed by atoms with Gasteiger partial charge in [-0.2, -0.15) is 0 Å². The molecule has 0 heterocycles. The highest BCUT2D eigenvalue weighted by molar-refractivity contribution is 14.0. The van der Waals surface area contributed by atoms with Gasteiger partial charge in [0.05, 0.1) is 6.54 Å². The summed E-state index contributed by atoms with van der Waals surface area (Å²) in [7, 11) is 0. The Hall–Kier alpha value is -0.850. The van der Waals surface area contributed by atoms with Gasteiger partial charge in [0.25, 0.3) is 0 Å². The Kier molecular flexibility index (Phi) is 8.00. The first kappa shape index (κ1) is 18.2. The van der Waals surface area contributed by atoms with E-state index in [9.17, 15) is 4.39 Å². The number of halogens is 2. The van der Waals surface area contributed by atoms with Gasteiger partial charge in [-0.15, -0.1) is 24.0 Å². The minimum Gasteiger partial charge on any atom is -0.357 e. The first-order valence-corrected chi connectivity index (χ1v) is 7.52. The lowest BCUT2D eigenvalue weighted by atomic mass is 10.2. The van der Waals surface area contributed by atoms with Gasteiger partial charge in [0.2, 0.25) is 0 Å². The summed E-state index contributed by atoms with van der Waals surface area (Å²) in [6.45, 7) is 5.60. The minimum atomic E-state index is -0.208. The van der Waals surface area contributed by atoms with E-state index < -0.39 is 0 Å². The van der Waals surface area contributed by atoms with Gasteiger partial charge in [-0.25, -0.2) is 9.38 Å². The number of aliphatic imine (C=N–C) groups is 1. The lowest BCUT2D eigenvalue weighted by Gasteiger charge is -2.11. The molecule has 2 atom stereocenters. The van der Waals surface area contributed by atoms with Crippen LogP contribution < -0.4 is 10.6 Å². The third-order valence-electron chi connectivity index (χ3n) is 3.56. The molecule has 1 aromatic carbocycles. The molecule has 0 bridgehead atoms. The molecule has 0 spiro atoms. The zero-order chi connectivity index (χ0) is 14.4. The average molecular weight is 405 g/mol. The van der Waals surface area contributed by atoms with Crippen LogP contribution in [0.5, 0.6) is 0 Å². The molecular formula is C16H25FIN3. The summed E-state index contributed by atoms with van der Waals surface area (Å²) in [5.41, 5.74) is 0.892. The van der Waals surface area contributed by atoms with E-state index in [-0.39, 0.29) is 29.8 Å².